The van der Waals surface area contributed by atoms with E-state index in [-0.39, 0.29) is 13.2 Å². The SMILES string of the molecule is CC(O)COC(O)C(O)OCC(C)O. The minimum absolute atomic E-state index is 0.101. The van der Waals surface area contributed by atoms with Gasteiger partial charge in [0.15, 0.2) is 0 Å². The van der Waals surface area contributed by atoms with Gasteiger partial charge in [-0.15, -0.1) is 0 Å². The highest BCUT2D eigenvalue weighted by atomic mass is 16.7. The van der Waals surface area contributed by atoms with Gasteiger partial charge in [0.05, 0.1) is 25.4 Å². The zero-order chi connectivity index (χ0) is 11.1. The second kappa shape index (κ2) is 7.10. The molecule has 0 aliphatic heterocycles. The number of aliphatic hydroxyl groups is 4. The molecular formula is C8H18O6. The van der Waals surface area contributed by atoms with Crippen LogP contribution in [0, 0.1) is 0 Å². The molecule has 0 saturated heterocycles. The summed E-state index contributed by atoms with van der Waals surface area (Å²) in [7, 11) is 0. The van der Waals surface area contributed by atoms with Crippen LogP contribution < -0.4 is 0 Å². The van der Waals surface area contributed by atoms with Crippen LogP contribution in [0.4, 0.5) is 0 Å². The van der Waals surface area contributed by atoms with Crippen molar-refractivity contribution >= 4 is 0 Å². The third-order valence-corrected chi connectivity index (χ3v) is 1.26. The van der Waals surface area contributed by atoms with E-state index in [0.29, 0.717) is 0 Å². The first kappa shape index (κ1) is 13.8. The Morgan fingerprint density at radius 2 is 1.07 bits per heavy atom. The standard InChI is InChI=1S/C8H18O6/c1-5(9)3-13-7(11)8(12)14-4-6(2)10/h5-12H,3-4H2,1-2H3. The molecule has 0 fully saturated rings. The van der Waals surface area contributed by atoms with E-state index in [1.807, 2.05) is 0 Å². The number of hydrogen-bond acceptors (Lipinski definition) is 6. The molecule has 0 aromatic heterocycles. The minimum Gasteiger partial charge on any atom is -0.391 e. The first-order chi connectivity index (χ1) is 6.43. The van der Waals surface area contributed by atoms with Gasteiger partial charge in [-0.3, -0.25) is 0 Å². The molecule has 0 spiro atoms. The molecule has 0 saturated carbocycles. The third kappa shape index (κ3) is 7.19. The Hall–Kier alpha value is -0.240. The largest absolute Gasteiger partial charge is 0.391 e. The predicted molar refractivity (Wildman–Crippen MR) is 47.3 cm³/mol. The molecule has 14 heavy (non-hydrogen) atoms. The van der Waals surface area contributed by atoms with Crippen LogP contribution in [-0.2, 0) is 9.47 Å². The van der Waals surface area contributed by atoms with E-state index in [1.165, 1.54) is 13.8 Å². The Morgan fingerprint density at radius 3 is 1.29 bits per heavy atom. The molecule has 0 amide bonds. The van der Waals surface area contributed by atoms with Crippen molar-refractivity contribution < 1.29 is 29.9 Å². The number of rotatable bonds is 7. The highest BCUT2D eigenvalue weighted by Gasteiger charge is 2.18. The van der Waals surface area contributed by atoms with Crippen LogP contribution in [-0.4, -0.2) is 58.4 Å². The zero-order valence-corrected chi connectivity index (χ0v) is 8.33. The third-order valence-electron chi connectivity index (χ3n) is 1.26. The van der Waals surface area contributed by atoms with Gasteiger partial charge in [0, 0.05) is 0 Å². The van der Waals surface area contributed by atoms with E-state index in [1.54, 1.807) is 0 Å². The highest BCUT2D eigenvalue weighted by molar-refractivity contribution is 4.50. The summed E-state index contributed by atoms with van der Waals surface area (Å²) in [6, 6.07) is 0. The van der Waals surface area contributed by atoms with Crippen molar-refractivity contribution in [2.75, 3.05) is 13.2 Å². The smallest absolute Gasteiger partial charge is 0.206 e. The Balaban J connectivity index is 3.59. The van der Waals surface area contributed by atoms with E-state index in [9.17, 15) is 0 Å². The fourth-order valence-corrected chi connectivity index (χ4v) is 0.640. The fraction of sp³-hybridized carbons (Fsp3) is 1.00. The van der Waals surface area contributed by atoms with Crippen molar-refractivity contribution in [2.45, 2.75) is 38.6 Å². The average Bonchev–Trinajstić information content (AvgIpc) is 2.09. The molecule has 0 radical (unpaired) electrons. The summed E-state index contributed by atoms with van der Waals surface area (Å²) in [6.07, 6.45) is -4.51. The Labute approximate surface area is 82.7 Å². The van der Waals surface area contributed by atoms with Crippen molar-refractivity contribution in [1.82, 2.24) is 0 Å². The Kier molecular flexibility index (Phi) is 6.98. The summed E-state index contributed by atoms with van der Waals surface area (Å²) in [5.74, 6) is 0. The van der Waals surface area contributed by atoms with Crippen molar-refractivity contribution in [3.05, 3.63) is 0 Å². The fourth-order valence-electron chi connectivity index (χ4n) is 0.640. The lowest BCUT2D eigenvalue weighted by atomic mass is 10.4. The van der Waals surface area contributed by atoms with E-state index >= 15 is 0 Å². The summed E-state index contributed by atoms with van der Waals surface area (Å²) in [4.78, 5) is 0. The van der Waals surface area contributed by atoms with Gasteiger partial charge in [0.2, 0.25) is 12.6 Å². The highest BCUT2D eigenvalue weighted by Crippen LogP contribution is 2.00. The van der Waals surface area contributed by atoms with Crippen molar-refractivity contribution in [1.29, 1.82) is 0 Å². The van der Waals surface area contributed by atoms with E-state index < -0.39 is 24.8 Å². The molecule has 0 bridgehead atoms. The first-order valence-corrected chi connectivity index (χ1v) is 4.39. The number of hydrogen-bond donors (Lipinski definition) is 4. The van der Waals surface area contributed by atoms with Gasteiger partial charge in [-0.2, -0.15) is 0 Å². The normalized spacial score (nSPS) is 20.1. The summed E-state index contributed by atoms with van der Waals surface area (Å²) in [5, 5.41) is 35.8. The maximum Gasteiger partial charge on any atom is 0.206 e. The number of aliphatic hydroxyl groups excluding tert-OH is 4. The maximum atomic E-state index is 9.09. The lowest BCUT2D eigenvalue weighted by molar-refractivity contribution is -0.260. The minimum atomic E-state index is -1.52. The summed E-state index contributed by atoms with van der Waals surface area (Å²) < 4.78 is 9.29. The van der Waals surface area contributed by atoms with Crippen LogP contribution in [0.15, 0.2) is 0 Å². The molecule has 0 aliphatic rings. The first-order valence-electron chi connectivity index (χ1n) is 4.39. The van der Waals surface area contributed by atoms with E-state index in [2.05, 4.69) is 9.47 Å². The van der Waals surface area contributed by atoms with Gasteiger partial charge < -0.3 is 29.9 Å². The molecule has 0 heterocycles. The topological polar surface area (TPSA) is 99.4 Å². The van der Waals surface area contributed by atoms with Gasteiger partial charge in [-0.05, 0) is 13.8 Å². The molecule has 0 aromatic carbocycles. The molecule has 86 valence electrons. The van der Waals surface area contributed by atoms with Gasteiger partial charge in [-0.25, -0.2) is 0 Å². The molecule has 4 N–H and O–H groups in total. The summed E-state index contributed by atoms with van der Waals surface area (Å²) in [6.45, 7) is 2.76. The molecule has 6 nitrogen and oxygen atoms in total. The molecule has 0 rings (SSSR count). The molecule has 6 heteroatoms. The Morgan fingerprint density at radius 1 is 0.786 bits per heavy atom. The Bertz CT molecular complexity index is 122. The van der Waals surface area contributed by atoms with Crippen LogP contribution >= 0.6 is 0 Å². The second-order valence-corrected chi connectivity index (χ2v) is 3.15. The zero-order valence-electron chi connectivity index (χ0n) is 8.33. The van der Waals surface area contributed by atoms with Crippen LogP contribution in [0.2, 0.25) is 0 Å². The van der Waals surface area contributed by atoms with Gasteiger partial charge in [-0.1, -0.05) is 0 Å². The van der Waals surface area contributed by atoms with Gasteiger partial charge >= 0.3 is 0 Å². The lowest BCUT2D eigenvalue weighted by Crippen LogP contribution is -2.34. The van der Waals surface area contributed by atoms with Crippen molar-refractivity contribution in [3.63, 3.8) is 0 Å². The lowest BCUT2D eigenvalue weighted by Gasteiger charge is -2.19. The van der Waals surface area contributed by atoms with Gasteiger partial charge in [0.25, 0.3) is 0 Å². The predicted octanol–water partition coefficient (Wildman–Crippen LogP) is -1.58. The second-order valence-electron chi connectivity index (χ2n) is 3.15. The van der Waals surface area contributed by atoms with Crippen LogP contribution in [0.3, 0.4) is 0 Å². The molecule has 4 atom stereocenters. The van der Waals surface area contributed by atoms with E-state index in [0.717, 1.165) is 0 Å². The molecule has 0 aromatic rings. The van der Waals surface area contributed by atoms with Crippen LogP contribution in [0.25, 0.3) is 0 Å². The van der Waals surface area contributed by atoms with Crippen molar-refractivity contribution in [3.8, 4) is 0 Å². The molecule has 4 unspecified atom stereocenters. The molecular weight excluding hydrogens is 192 g/mol. The quantitative estimate of drug-likeness (QED) is 0.378. The maximum absolute atomic E-state index is 9.09. The molecule has 0 aliphatic carbocycles. The average molecular weight is 210 g/mol. The van der Waals surface area contributed by atoms with E-state index in [4.69, 9.17) is 20.4 Å². The van der Waals surface area contributed by atoms with Gasteiger partial charge in [0.1, 0.15) is 0 Å². The van der Waals surface area contributed by atoms with Crippen LogP contribution in [0.5, 0.6) is 0 Å². The number of ether oxygens (including phenoxy) is 2. The monoisotopic (exact) mass is 210 g/mol. The summed E-state index contributed by atoms with van der Waals surface area (Å²) >= 11 is 0. The van der Waals surface area contributed by atoms with Crippen molar-refractivity contribution in [2.24, 2.45) is 0 Å². The summed E-state index contributed by atoms with van der Waals surface area (Å²) in [5.41, 5.74) is 0. The van der Waals surface area contributed by atoms with Crippen LogP contribution in [0.1, 0.15) is 13.8 Å².